The van der Waals surface area contributed by atoms with E-state index in [0.29, 0.717) is 0 Å². The Hall–Kier alpha value is -0.440. The first kappa shape index (κ1) is 12.6. The summed E-state index contributed by atoms with van der Waals surface area (Å²) in [5.41, 5.74) is 0. The second-order valence-electron chi connectivity index (χ2n) is 4.15. The number of ketones is 1. The Morgan fingerprint density at radius 2 is 1.77 bits per heavy atom. The molecule has 1 unspecified atom stereocenters. The number of halogens is 1. The zero-order chi connectivity index (χ0) is 10.6. The molecule has 0 heterocycles. The summed E-state index contributed by atoms with van der Waals surface area (Å²) < 4.78 is 13.3. The van der Waals surface area contributed by atoms with Gasteiger partial charge in [0.1, 0.15) is 5.78 Å². The van der Waals surface area contributed by atoms with Gasteiger partial charge in [0, 0.05) is 5.92 Å². The summed E-state index contributed by atoms with van der Waals surface area (Å²) >= 11 is 0. The molecule has 0 fully saturated rings. The summed E-state index contributed by atoms with van der Waals surface area (Å²) in [7, 11) is 1.64. The number of likely N-dealkylation sites (N-methyl/N-ethyl adjacent to an activating group) is 1. The van der Waals surface area contributed by atoms with Crippen molar-refractivity contribution in [2.75, 3.05) is 13.6 Å². The van der Waals surface area contributed by atoms with Crippen molar-refractivity contribution in [3.8, 4) is 0 Å². The summed E-state index contributed by atoms with van der Waals surface area (Å²) in [6, 6.07) is 0. The summed E-state index contributed by atoms with van der Waals surface area (Å²) in [5, 5.41) is 0. The Bertz CT molecular complexity index is 168. The van der Waals surface area contributed by atoms with Gasteiger partial charge < -0.3 is 0 Å². The van der Waals surface area contributed by atoms with E-state index in [2.05, 4.69) is 0 Å². The molecule has 0 amide bonds. The van der Waals surface area contributed by atoms with Crippen LogP contribution in [0.25, 0.3) is 0 Å². The van der Waals surface area contributed by atoms with E-state index in [1.165, 1.54) is 4.90 Å². The van der Waals surface area contributed by atoms with Gasteiger partial charge in [-0.1, -0.05) is 27.7 Å². The molecule has 0 aliphatic heterocycles. The molecule has 0 rings (SSSR count). The maximum Gasteiger partial charge on any atom is 0.156 e. The zero-order valence-electron chi connectivity index (χ0n) is 9.17. The number of carbonyl (C=O) groups excluding carboxylic acids is 1. The summed E-state index contributed by atoms with van der Waals surface area (Å²) in [5.74, 6) is 0.0116. The molecule has 0 bridgehead atoms. The minimum absolute atomic E-state index is 0.0122. The van der Waals surface area contributed by atoms with Crippen LogP contribution in [0.2, 0.25) is 0 Å². The Kier molecular flexibility index (Phi) is 5.14. The number of nitrogens with zero attached hydrogens (tertiary/aromatic N) is 1. The van der Waals surface area contributed by atoms with Crippen molar-refractivity contribution in [2.45, 2.75) is 34.0 Å². The van der Waals surface area contributed by atoms with E-state index in [4.69, 9.17) is 0 Å². The lowest BCUT2D eigenvalue weighted by Gasteiger charge is -2.24. The molecule has 0 aromatic rings. The zero-order valence-corrected chi connectivity index (χ0v) is 9.17. The molecule has 0 saturated heterocycles. The Balaban J connectivity index is 4.00. The van der Waals surface area contributed by atoms with Gasteiger partial charge >= 0.3 is 0 Å². The van der Waals surface area contributed by atoms with E-state index in [9.17, 15) is 9.18 Å². The molecule has 78 valence electrons. The molecule has 0 N–H and O–H groups in total. The van der Waals surface area contributed by atoms with E-state index in [1.807, 2.05) is 13.8 Å². The van der Waals surface area contributed by atoms with Crippen LogP contribution < -0.4 is 0 Å². The van der Waals surface area contributed by atoms with Crippen molar-refractivity contribution in [3.63, 3.8) is 0 Å². The molecular weight excluding hydrogens is 169 g/mol. The maximum atomic E-state index is 13.3. The molecule has 2 nitrogen and oxygen atoms in total. The Labute approximate surface area is 80.1 Å². The monoisotopic (exact) mass is 189 g/mol. The van der Waals surface area contributed by atoms with Gasteiger partial charge in [0.25, 0.3) is 0 Å². The highest BCUT2D eigenvalue weighted by molar-refractivity contribution is 5.82. The second kappa shape index (κ2) is 5.32. The van der Waals surface area contributed by atoms with Crippen LogP contribution in [0.4, 0.5) is 4.39 Å². The predicted molar refractivity (Wildman–Crippen MR) is 52.2 cm³/mol. The van der Waals surface area contributed by atoms with Gasteiger partial charge in [0.15, 0.2) is 6.30 Å². The molecule has 0 aliphatic rings. The molecular formula is C10H20FNO. The highest BCUT2D eigenvalue weighted by Crippen LogP contribution is 2.10. The van der Waals surface area contributed by atoms with E-state index >= 15 is 0 Å². The first-order valence-corrected chi connectivity index (χ1v) is 4.73. The molecule has 13 heavy (non-hydrogen) atoms. The third-order valence-corrected chi connectivity index (χ3v) is 2.02. The van der Waals surface area contributed by atoms with Gasteiger partial charge in [0.05, 0.1) is 6.54 Å². The standard InChI is InChI=1S/C10H20FNO/c1-7(2)9(13)6-12(5)10(11)8(3)4/h7-8,10H,6H2,1-5H3. The topological polar surface area (TPSA) is 20.3 Å². The van der Waals surface area contributed by atoms with Gasteiger partial charge in [-0.3, -0.25) is 9.69 Å². The average Bonchev–Trinajstić information content (AvgIpc) is 2.02. The lowest BCUT2D eigenvalue weighted by molar-refractivity contribution is -0.124. The van der Waals surface area contributed by atoms with Crippen molar-refractivity contribution >= 4 is 5.78 Å². The van der Waals surface area contributed by atoms with Gasteiger partial charge in [-0.05, 0) is 13.0 Å². The SMILES string of the molecule is CC(C)C(=O)CN(C)C(F)C(C)C. The van der Waals surface area contributed by atoms with Gasteiger partial charge in [-0.15, -0.1) is 0 Å². The van der Waals surface area contributed by atoms with Gasteiger partial charge in [-0.2, -0.15) is 0 Å². The van der Waals surface area contributed by atoms with E-state index in [1.54, 1.807) is 20.9 Å². The predicted octanol–water partition coefficient (Wildman–Crippen LogP) is 2.09. The van der Waals surface area contributed by atoms with Gasteiger partial charge in [-0.25, -0.2) is 4.39 Å². The minimum atomic E-state index is -1.03. The molecule has 0 radical (unpaired) electrons. The van der Waals surface area contributed by atoms with Crippen molar-refractivity contribution in [3.05, 3.63) is 0 Å². The lowest BCUT2D eigenvalue weighted by atomic mass is 10.1. The fourth-order valence-electron chi connectivity index (χ4n) is 1.02. The number of hydrogen-bond donors (Lipinski definition) is 0. The molecule has 0 aromatic carbocycles. The van der Waals surface area contributed by atoms with Crippen molar-refractivity contribution in [2.24, 2.45) is 11.8 Å². The van der Waals surface area contributed by atoms with Crippen LogP contribution in [0.5, 0.6) is 0 Å². The van der Waals surface area contributed by atoms with Crippen molar-refractivity contribution in [1.82, 2.24) is 4.90 Å². The third-order valence-electron chi connectivity index (χ3n) is 2.02. The molecule has 0 aliphatic carbocycles. The van der Waals surface area contributed by atoms with E-state index < -0.39 is 6.30 Å². The van der Waals surface area contributed by atoms with E-state index in [-0.39, 0.29) is 24.2 Å². The van der Waals surface area contributed by atoms with Crippen LogP contribution >= 0.6 is 0 Å². The second-order valence-corrected chi connectivity index (χ2v) is 4.15. The van der Waals surface area contributed by atoms with Crippen LogP contribution in [0.15, 0.2) is 0 Å². The molecule has 0 spiro atoms. The smallest absolute Gasteiger partial charge is 0.156 e. The molecule has 1 atom stereocenters. The average molecular weight is 189 g/mol. The van der Waals surface area contributed by atoms with Crippen LogP contribution in [0.3, 0.4) is 0 Å². The quantitative estimate of drug-likeness (QED) is 0.617. The Morgan fingerprint density at radius 3 is 2.08 bits per heavy atom. The fourth-order valence-corrected chi connectivity index (χ4v) is 1.02. The fraction of sp³-hybridized carbons (Fsp3) is 0.900. The highest BCUT2D eigenvalue weighted by atomic mass is 19.1. The molecule has 0 saturated carbocycles. The molecule has 3 heteroatoms. The lowest BCUT2D eigenvalue weighted by Crippen LogP contribution is -2.37. The molecule has 0 aromatic heterocycles. The third kappa shape index (κ3) is 4.36. The Morgan fingerprint density at radius 1 is 1.31 bits per heavy atom. The van der Waals surface area contributed by atoms with Crippen LogP contribution in [-0.2, 0) is 4.79 Å². The number of Topliss-reactive ketones (excluding diaryl/α,β-unsaturated/α-hetero) is 1. The maximum absolute atomic E-state index is 13.3. The highest BCUT2D eigenvalue weighted by Gasteiger charge is 2.20. The van der Waals surface area contributed by atoms with Crippen LogP contribution in [-0.4, -0.2) is 30.6 Å². The van der Waals surface area contributed by atoms with Crippen LogP contribution in [0, 0.1) is 11.8 Å². The normalized spacial score (nSPS) is 14.2. The minimum Gasteiger partial charge on any atom is -0.298 e. The summed E-state index contributed by atoms with van der Waals surface area (Å²) in [6.45, 7) is 7.48. The number of hydrogen-bond acceptors (Lipinski definition) is 2. The summed E-state index contributed by atoms with van der Waals surface area (Å²) in [4.78, 5) is 12.7. The largest absolute Gasteiger partial charge is 0.298 e. The number of rotatable bonds is 5. The van der Waals surface area contributed by atoms with Crippen molar-refractivity contribution < 1.29 is 9.18 Å². The summed E-state index contributed by atoms with van der Waals surface area (Å²) in [6.07, 6.45) is -1.03. The number of carbonyl (C=O) groups is 1. The van der Waals surface area contributed by atoms with Gasteiger partial charge in [0.2, 0.25) is 0 Å². The first-order valence-electron chi connectivity index (χ1n) is 4.73. The number of alkyl halides is 1. The van der Waals surface area contributed by atoms with E-state index in [0.717, 1.165) is 0 Å². The van der Waals surface area contributed by atoms with Crippen LogP contribution in [0.1, 0.15) is 27.7 Å². The first-order chi connectivity index (χ1) is 5.86. The van der Waals surface area contributed by atoms with Crippen molar-refractivity contribution in [1.29, 1.82) is 0 Å².